The lowest BCUT2D eigenvalue weighted by Gasteiger charge is -2.09. The lowest BCUT2D eigenvalue weighted by molar-refractivity contribution is 0.0945. The molecule has 6 nitrogen and oxygen atoms in total. The Kier molecular flexibility index (Phi) is 5.30. The maximum atomic E-state index is 12.8. The zero-order valence-corrected chi connectivity index (χ0v) is 13.1. The van der Waals surface area contributed by atoms with Gasteiger partial charge < -0.3 is 4.74 Å². The van der Waals surface area contributed by atoms with Gasteiger partial charge in [-0.15, -0.1) is 4.83 Å². The number of carbonyl (C=O) groups is 1. The number of hydrazine groups is 1. The molecule has 0 atom stereocenters. The van der Waals surface area contributed by atoms with E-state index in [2.05, 4.69) is 5.43 Å². The molecule has 2 aromatic rings. The van der Waals surface area contributed by atoms with Crippen molar-refractivity contribution in [3.05, 3.63) is 59.9 Å². The van der Waals surface area contributed by atoms with Crippen LogP contribution in [0.2, 0.25) is 0 Å². The third-order valence-electron chi connectivity index (χ3n) is 2.85. The largest absolute Gasteiger partial charge is 0.494 e. The van der Waals surface area contributed by atoms with Crippen LogP contribution in [0.5, 0.6) is 5.75 Å². The molecule has 0 spiro atoms. The number of hydrogen-bond donors (Lipinski definition) is 2. The highest BCUT2D eigenvalue weighted by Crippen LogP contribution is 2.12. The van der Waals surface area contributed by atoms with Crippen LogP contribution in [0, 0.1) is 5.82 Å². The minimum Gasteiger partial charge on any atom is -0.494 e. The second-order valence-corrected chi connectivity index (χ2v) is 6.15. The summed E-state index contributed by atoms with van der Waals surface area (Å²) in [4.78, 5) is 13.7. The van der Waals surface area contributed by atoms with E-state index in [0.717, 1.165) is 24.3 Å². The van der Waals surface area contributed by atoms with Crippen molar-refractivity contribution in [2.45, 2.75) is 11.8 Å². The third kappa shape index (κ3) is 4.51. The summed E-state index contributed by atoms with van der Waals surface area (Å²) in [6.07, 6.45) is 0. The van der Waals surface area contributed by atoms with E-state index >= 15 is 0 Å². The molecule has 23 heavy (non-hydrogen) atoms. The van der Waals surface area contributed by atoms with Crippen molar-refractivity contribution in [3.8, 4) is 5.75 Å². The summed E-state index contributed by atoms with van der Waals surface area (Å²) in [5.41, 5.74) is 2.35. The molecule has 0 bridgehead atoms. The average molecular weight is 338 g/mol. The van der Waals surface area contributed by atoms with Gasteiger partial charge in [0.1, 0.15) is 11.6 Å². The number of amides is 1. The van der Waals surface area contributed by atoms with Crippen molar-refractivity contribution < 1.29 is 22.3 Å². The monoisotopic (exact) mass is 338 g/mol. The quantitative estimate of drug-likeness (QED) is 0.787. The molecule has 0 fully saturated rings. The Bertz CT molecular complexity index is 774. The van der Waals surface area contributed by atoms with Gasteiger partial charge in [-0.1, -0.05) is 0 Å². The summed E-state index contributed by atoms with van der Waals surface area (Å²) in [5.74, 6) is -0.572. The Morgan fingerprint density at radius 2 is 1.70 bits per heavy atom. The Morgan fingerprint density at radius 3 is 2.26 bits per heavy atom. The molecule has 1 amide bonds. The van der Waals surface area contributed by atoms with Crippen molar-refractivity contribution in [3.63, 3.8) is 0 Å². The van der Waals surface area contributed by atoms with Crippen LogP contribution in [0.4, 0.5) is 4.39 Å². The van der Waals surface area contributed by atoms with Crippen LogP contribution in [0.3, 0.4) is 0 Å². The fourth-order valence-corrected chi connectivity index (χ4v) is 2.57. The number of hydrogen-bond acceptors (Lipinski definition) is 4. The number of halogens is 1. The van der Waals surface area contributed by atoms with Gasteiger partial charge in [0.2, 0.25) is 0 Å². The van der Waals surface area contributed by atoms with Crippen LogP contribution >= 0.6 is 0 Å². The number of rotatable bonds is 6. The van der Waals surface area contributed by atoms with Gasteiger partial charge in [-0.2, -0.15) is 0 Å². The Balaban J connectivity index is 2.01. The number of nitrogens with one attached hydrogen (secondary N) is 2. The van der Waals surface area contributed by atoms with Crippen molar-refractivity contribution in [2.75, 3.05) is 6.61 Å². The van der Waals surface area contributed by atoms with Crippen LogP contribution in [0.15, 0.2) is 53.4 Å². The minimum absolute atomic E-state index is 0.161. The van der Waals surface area contributed by atoms with Crippen LogP contribution in [-0.4, -0.2) is 20.9 Å². The molecule has 0 heterocycles. The van der Waals surface area contributed by atoms with Gasteiger partial charge in [0, 0.05) is 5.56 Å². The van der Waals surface area contributed by atoms with Gasteiger partial charge >= 0.3 is 0 Å². The third-order valence-corrected chi connectivity index (χ3v) is 4.11. The van der Waals surface area contributed by atoms with E-state index < -0.39 is 21.7 Å². The number of ether oxygens (including phenoxy) is 1. The van der Waals surface area contributed by atoms with Crippen LogP contribution < -0.4 is 15.0 Å². The second kappa shape index (κ2) is 7.21. The first-order chi connectivity index (χ1) is 10.9. The molecule has 0 unspecified atom stereocenters. The predicted molar refractivity (Wildman–Crippen MR) is 81.8 cm³/mol. The van der Waals surface area contributed by atoms with Gasteiger partial charge in [0.25, 0.3) is 15.9 Å². The van der Waals surface area contributed by atoms with E-state index in [-0.39, 0.29) is 10.5 Å². The molecular weight excluding hydrogens is 323 g/mol. The minimum atomic E-state index is -3.97. The maximum absolute atomic E-state index is 12.8. The highest BCUT2D eigenvalue weighted by molar-refractivity contribution is 7.89. The molecule has 2 aromatic carbocycles. The Labute approximate surface area is 133 Å². The highest BCUT2D eigenvalue weighted by atomic mass is 32.2. The van der Waals surface area contributed by atoms with E-state index in [1.807, 2.05) is 11.8 Å². The van der Waals surface area contributed by atoms with Crippen LogP contribution in [-0.2, 0) is 10.0 Å². The molecule has 0 aliphatic heterocycles. The smallest absolute Gasteiger partial charge is 0.266 e. The van der Waals surface area contributed by atoms with Crippen molar-refractivity contribution in [2.24, 2.45) is 0 Å². The SMILES string of the molecule is CCOc1ccc(C(=O)NNS(=O)(=O)c2ccc(F)cc2)cc1. The summed E-state index contributed by atoms with van der Waals surface area (Å²) in [5, 5.41) is 0. The van der Waals surface area contributed by atoms with E-state index in [9.17, 15) is 17.6 Å². The maximum Gasteiger partial charge on any atom is 0.266 e. The second-order valence-electron chi connectivity index (χ2n) is 4.47. The van der Waals surface area contributed by atoms with E-state index in [1.54, 1.807) is 12.1 Å². The summed E-state index contributed by atoms with van der Waals surface area (Å²) < 4.78 is 42.0. The van der Waals surface area contributed by atoms with Crippen molar-refractivity contribution >= 4 is 15.9 Å². The molecule has 0 saturated carbocycles. The van der Waals surface area contributed by atoms with Crippen molar-refractivity contribution in [1.82, 2.24) is 10.3 Å². The molecule has 0 aliphatic rings. The first-order valence-electron chi connectivity index (χ1n) is 6.73. The molecule has 2 rings (SSSR count). The molecule has 2 N–H and O–H groups in total. The van der Waals surface area contributed by atoms with Gasteiger partial charge in [0.15, 0.2) is 0 Å². The summed E-state index contributed by atoms with van der Waals surface area (Å²) in [6, 6.07) is 10.5. The first kappa shape index (κ1) is 16.9. The number of benzene rings is 2. The lowest BCUT2D eigenvalue weighted by Crippen LogP contribution is -2.41. The fourth-order valence-electron chi connectivity index (χ4n) is 1.73. The van der Waals surface area contributed by atoms with Crippen LogP contribution in [0.1, 0.15) is 17.3 Å². The molecule has 8 heteroatoms. The van der Waals surface area contributed by atoms with E-state index in [4.69, 9.17) is 4.74 Å². The zero-order valence-electron chi connectivity index (χ0n) is 12.2. The molecular formula is C15H15FN2O4S. The molecule has 0 saturated heterocycles. The van der Waals surface area contributed by atoms with Crippen molar-refractivity contribution in [1.29, 1.82) is 0 Å². The number of sulfonamides is 1. The van der Waals surface area contributed by atoms with Gasteiger partial charge in [-0.3, -0.25) is 10.2 Å². The van der Waals surface area contributed by atoms with Gasteiger partial charge in [0.05, 0.1) is 11.5 Å². The van der Waals surface area contributed by atoms with Crippen LogP contribution in [0.25, 0.3) is 0 Å². The van der Waals surface area contributed by atoms with E-state index in [0.29, 0.717) is 12.4 Å². The Morgan fingerprint density at radius 1 is 1.09 bits per heavy atom. The van der Waals surface area contributed by atoms with E-state index in [1.165, 1.54) is 12.1 Å². The zero-order chi connectivity index (χ0) is 16.9. The highest BCUT2D eigenvalue weighted by Gasteiger charge is 2.15. The number of carbonyl (C=O) groups excluding carboxylic acids is 1. The predicted octanol–water partition coefficient (Wildman–Crippen LogP) is 1.85. The van der Waals surface area contributed by atoms with Gasteiger partial charge in [-0.25, -0.2) is 12.8 Å². The fraction of sp³-hybridized carbons (Fsp3) is 0.133. The normalized spacial score (nSPS) is 11.0. The standard InChI is InChI=1S/C15H15FN2O4S/c1-2-22-13-7-3-11(4-8-13)15(19)17-18-23(20,21)14-9-5-12(16)6-10-14/h3-10,18H,2H2,1H3,(H,17,19). The average Bonchev–Trinajstić information content (AvgIpc) is 2.54. The summed E-state index contributed by atoms with van der Waals surface area (Å²) >= 11 is 0. The Hall–Kier alpha value is -2.45. The first-order valence-corrected chi connectivity index (χ1v) is 8.21. The molecule has 0 radical (unpaired) electrons. The topological polar surface area (TPSA) is 84.5 Å². The summed E-state index contributed by atoms with van der Waals surface area (Å²) in [6.45, 7) is 2.34. The molecule has 0 aromatic heterocycles. The van der Waals surface area contributed by atoms with Gasteiger partial charge in [-0.05, 0) is 55.5 Å². The lowest BCUT2D eigenvalue weighted by atomic mass is 10.2. The molecule has 0 aliphatic carbocycles. The molecule has 122 valence electrons. The summed E-state index contributed by atoms with van der Waals surface area (Å²) in [7, 11) is -3.97.